The molecule has 2 N–H and O–H groups in total. The van der Waals surface area contributed by atoms with Crippen molar-refractivity contribution in [2.24, 2.45) is 0 Å². The fourth-order valence-corrected chi connectivity index (χ4v) is 3.99. The summed E-state index contributed by atoms with van der Waals surface area (Å²) in [6.45, 7) is 0. The van der Waals surface area contributed by atoms with Crippen LogP contribution in [0.25, 0.3) is 11.1 Å². The third kappa shape index (κ3) is 1.12. The summed E-state index contributed by atoms with van der Waals surface area (Å²) in [7, 11) is 0. The van der Waals surface area contributed by atoms with Gasteiger partial charge in [-0.2, -0.15) is 0 Å². The topological polar surface area (TPSA) is 26.0 Å². The van der Waals surface area contributed by atoms with E-state index in [1.165, 1.54) is 47.9 Å². The van der Waals surface area contributed by atoms with E-state index in [2.05, 4.69) is 36.4 Å². The lowest BCUT2D eigenvalue weighted by Gasteiger charge is -2.26. The smallest absolute Gasteiger partial charge is 0.0317 e. The van der Waals surface area contributed by atoms with Crippen LogP contribution in [0.15, 0.2) is 42.5 Å². The van der Waals surface area contributed by atoms with Crippen molar-refractivity contribution in [3.8, 4) is 11.1 Å². The van der Waals surface area contributed by atoms with Gasteiger partial charge in [-0.3, -0.25) is 0 Å². The molecule has 0 aliphatic heterocycles. The van der Waals surface area contributed by atoms with Crippen LogP contribution in [0.4, 0.5) is 5.69 Å². The second-order valence-corrected chi connectivity index (χ2v) is 5.64. The Hall–Kier alpha value is -1.76. The van der Waals surface area contributed by atoms with Gasteiger partial charge in [0.2, 0.25) is 0 Å². The molecule has 1 fully saturated rings. The van der Waals surface area contributed by atoms with E-state index in [0.29, 0.717) is 0 Å². The molecule has 1 nitrogen and oxygen atoms in total. The first kappa shape index (κ1) is 10.2. The average molecular weight is 235 g/mol. The van der Waals surface area contributed by atoms with Gasteiger partial charge in [-0.25, -0.2) is 0 Å². The van der Waals surface area contributed by atoms with E-state index in [0.717, 1.165) is 5.69 Å². The first-order valence-electron chi connectivity index (χ1n) is 6.81. The Morgan fingerprint density at radius 2 is 1.56 bits per heavy atom. The van der Waals surface area contributed by atoms with E-state index in [4.69, 9.17) is 5.73 Å². The van der Waals surface area contributed by atoms with Crippen molar-refractivity contribution in [3.63, 3.8) is 0 Å². The first-order valence-corrected chi connectivity index (χ1v) is 6.81. The van der Waals surface area contributed by atoms with Crippen molar-refractivity contribution >= 4 is 5.69 Å². The molecule has 0 amide bonds. The summed E-state index contributed by atoms with van der Waals surface area (Å²) in [5.74, 6) is 0. The number of hydrogen-bond acceptors (Lipinski definition) is 1. The van der Waals surface area contributed by atoms with Gasteiger partial charge in [-0.05, 0) is 47.2 Å². The van der Waals surface area contributed by atoms with Crippen molar-refractivity contribution in [3.05, 3.63) is 53.6 Å². The van der Waals surface area contributed by atoms with E-state index in [1.807, 2.05) is 6.07 Å². The van der Waals surface area contributed by atoms with Crippen LogP contribution in [0.3, 0.4) is 0 Å². The Morgan fingerprint density at radius 3 is 2.39 bits per heavy atom. The van der Waals surface area contributed by atoms with Gasteiger partial charge in [-0.15, -0.1) is 0 Å². The van der Waals surface area contributed by atoms with Gasteiger partial charge < -0.3 is 5.73 Å². The molecule has 1 saturated carbocycles. The second kappa shape index (κ2) is 3.38. The SMILES string of the molecule is Nc1ccc2c(c1)C1(CCCC1)c1ccccc1-2. The molecule has 1 heteroatoms. The Morgan fingerprint density at radius 1 is 0.833 bits per heavy atom. The highest BCUT2D eigenvalue weighted by molar-refractivity contribution is 5.82. The molecule has 1 spiro atoms. The molecule has 0 saturated heterocycles. The van der Waals surface area contributed by atoms with Gasteiger partial charge in [0.25, 0.3) is 0 Å². The maximum absolute atomic E-state index is 6.02. The molecule has 2 aromatic rings. The molecule has 0 heterocycles. The summed E-state index contributed by atoms with van der Waals surface area (Å²) in [5, 5.41) is 0. The van der Waals surface area contributed by atoms with E-state index in [1.54, 1.807) is 0 Å². The molecule has 2 aliphatic carbocycles. The molecule has 2 aromatic carbocycles. The maximum Gasteiger partial charge on any atom is 0.0317 e. The van der Waals surface area contributed by atoms with Gasteiger partial charge in [0.1, 0.15) is 0 Å². The molecule has 2 aliphatic rings. The number of hydrogen-bond donors (Lipinski definition) is 1. The summed E-state index contributed by atoms with van der Waals surface area (Å²) in [6.07, 6.45) is 5.23. The first-order chi connectivity index (χ1) is 8.81. The molecule has 0 unspecified atom stereocenters. The molecule has 0 aromatic heterocycles. The monoisotopic (exact) mass is 235 g/mol. The van der Waals surface area contributed by atoms with Crippen LogP contribution in [-0.4, -0.2) is 0 Å². The van der Waals surface area contributed by atoms with E-state index in [9.17, 15) is 0 Å². The third-order valence-electron chi connectivity index (χ3n) is 4.75. The largest absolute Gasteiger partial charge is 0.399 e. The molecule has 4 rings (SSSR count). The minimum atomic E-state index is 0.265. The zero-order valence-electron chi connectivity index (χ0n) is 10.4. The highest BCUT2D eigenvalue weighted by atomic mass is 14.6. The Labute approximate surface area is 108 Å². The van der Waals surface area contributed by atoms with Gasteiger partial charge in [0, 0.05) is 11.1 Å². The van der Waals surface area contributed by atoms with E-state index in [-0.39, 0.29) is 5.41 Å². The van der Waals surface area contributed by atoms with Crippen LogP contribution in [0, 0.1) is 0 Å². The summed E-state index contributed by atoms with van der Waals surface area (Å²) in [6, 6.07) is 15.3. The van der Waals surface area contributed by atoms with E-state index < -0.39 is 0 Å². The number of anilines is 1. The molecular formula is C17H17N. The van der Waals surface area contributed by atoms with Crippen molar-refractivity contribution in [2.45, 2.75) is 31.1 Å². The molecule has 0 bridgehead atoms. The zero-order valence-corrected chi connectivity index (χ0v) is 10.4. The lowest BCUT2D eigenvalue weighted by Crippen LogP contribution is -2.20. The second-order valence-electron chi connectivity index (χ2n) is 5.64. The van der Waals surface area contributed by atoms with Crippen molar-refractivity contribution < 1.29 is 0 Å². The number of nitrogens with two attached hydrogens (primary N) is 1. The predicted octanol–water partition coefficient (Wildman–Crippen LogP) is 4.11. The Bertz CT molecular complexity index is 621. The summed E-state index contributed by atoms with van der Waals surface area (Å²) in [4.78, 5) is 0. The lowest BCUT2D eigenvalue weighted by molar-refractivity contribution is 0.550. The standard InChI is InChI=1S/C17H17N/c18-12-7-8-14-13-5-1-2-6-15(13)17(16(14)11-12)9-3-4-10-17/h1-2,5-8,11H,3-4,9-10,18H2. The van der Waals surface area contributed by atoms with Crippen LogP contribution < -0.4 is 5.73 Å². The fourth-order valence-electron chi connectivity index (χ4n) is 3.99. The van der Waals surface area contributed by atoms with Crippen LogP contribution >= 0.6 is 0 Å². The van der Waals surface area contributed by atoms with Gasteiger partial charge >= 0.3 is 0 Å². The maximum atomic E-state index is 6.02. The van der Waals surface area contributed by atoms with Crippen LogP contribution in [0.5, 0.6) is 0 Å². The predicted molar refractivity (Wildman–Crippen MR) is 75.5 cm³/mol. The third-order valence-corrected chi connectivity index (χ3v) is 4.75. The highest BCUT2D eigenvalue weighted by Gasteiger charge is 2.44. The van der Waals surface area contributed by atoms with Gasteiger partial charge in [0.05, 0.1) is 0 Å². The van der Waals surface area contributed by atoms with E-state index >= 15 is 0 Å². The fraction of sp³-hybridized carbons (Fsp3) is 0.294. The molecule has 0 atom stereocenters. The van der Waals surface area contributed by atoms with Crippen LogP contribution in [-0.2, 0) is 5.41 Å². The average Bonchev–Trinajstić information content (AvgIpc) is 2.98. The lowest BCUT2D eigenvalue weighted by atomic mass is 9.77. The zero-order chi connectivity index (χ0) is 12.2. The Kier molecular flexibility index (Phi) is 1.91. The molecular weight excluding hydrogens is 218 g/mol. The van der Waals surface area contributed by atoms with Crippen LogP contribution in [0.2, 0.25) is 0 Å². The normalized spacial score (nSPS) is 18.9. The van der Waals surface area contributed by atoms with Gasteiger partial charge in [-0.1, -0.05) is 43.2 Å². The Balaban J connectivity index is 2.08. The van der Waals surface area contributed by atoms with Gasteiger partial charge in [0.15, 0.2) is 0 Å². The quantitative estimate of drug-likeness (QED) is 0.683. The highest BCUT2D eigenvalue weighted by Crippen LogP contribution is 2.56. The summed E-state index contributed by atoms with van der Waals surface area (Å²) < 4.78 is 0. The van der Waals surface area contributed by atoms with Crippen LogP contribution in [0.1, 0.15) is 36.8 Å². The van der Waals surface area contributed by atoms with Crippen molar-refractivity contribution in [2.75, 3.05) is 5.73 Å². The summed E-state index contributed by atoms with van der Waals surface area (Å²) in [5.41, 5.74) is 13.0. The number of fused-ring (bicyclic) bond motifs is 5. The minimum Gasteiger partial charge on any atom is -0.399 e. The van der Waals surface area contributed by atoms with Crippen molar-refractivity contribution in [1.29, 1.82) is 0 Å². The molecule has 0 radical (unpaired) electrons. The summed E-state index contributed by atoms with van der Waals surface area (Å²) >= 11 is 0. The molecule has 90 valence electrons. The number of benzene rings is 2. The van der Waals surface area contributed by atoms with Crippen molar-refractivity contribution in [1.82, 2.24) is 0 Å². The number of nitrogen functional groups attached to an aromatic ring is 1. The molecule has 18 heavy (non-hydrogen) atoms. The number of rotatable bonds is 0. The minimum absolute atomic E-state index is 0.265.